The molecule has 0 spiro atoms. The molecule has 0 rings (SSSR count). The second kappa shape index (κ2) is 8.23. The van der Waals surface area contributed by atoms with Gasteiger partial charge in [-0.25, -0.2) is 4.79 Å². The zero-order chi connectivity index (χ0) is 10.1. The van der Waals surface area contributed by atoms with Gasteiger partial charge in [0.05, 0.1) is 0 Å². The van der Waals surface area contributed by atoms with Crippen molar-refractivity contribution in [3.63, 3.8) is 0 Å². The maximum atomic E-state index is 11.1. The Balaban J connectivity index is 3.71. The van der Waals surface area contributed by atoms with Crippen molar-refractivity contribution < 1.29 is 8.98 Å². The normalized spacial score (nSPS) is 10.8. The minimum Gasteiger partial charge on any atom is -0.402 e. The van der Waals surface area contributed by atoms with Crippen LogP contribution in [0.2, 0.25) is 0 Å². The topological polar surface area (TPSA) is 38.3 Å². The van der Waals surface area contributed by atoms with Crippen LogP contribution in [0.5, 0.6) is 0 Å². The molecule has 4 heteroatoms. The molecule has 0 aromatic rings. The van der Waals surface area contributed by atoms with Crippen molar-refractivity contribution >= 4 is 17.3 Å². The van der Waals surface area contributed by atoms with Gasteiger partial charge in [0.15, 0.2) is 0 Å². The molecule has 13 heavy (non-hydrogen) atoms. The van der Waals surface area contributed by atoms with E-state index >= 15 is 0 Å². The molecular weight excluding hydrogens is 186 g/mol. The van der Waals surface area contributed by atoms with Gasteiger partial charge in [-0.2, -0.15) is 0 Å². The van der Waals surface area contributed by atoms with Crippen LogP contribution in [0.3, 0.4) is 0 Å². The summed E-state index contributed by atoms with van der Waals surface area (Å²) >= 11 is -0.524. The number of nitrogens with one attached hydrogen (secondary N) is 1. The lowest BCUT2D eigenvalue weighted by atomic mass is 10.6. The Labute approximate surface area is 83.8 Å². The number of carbonyl (C=O) groups excluding carboxylic acids is 1. The van der Waals surface area contributed by atoms with Gasteiger partial charge < -0.3 is 9.50 Å². The van der Waals surface area contributed by atoms with Crippen LogP contribution in [-0.4, -0.2) is 24.1 Å². The van der Waals surface area contributed by atoms with E-state index in [1.807, 2.05) is 6.92 Å². The van der Waals surface area contributed by atoms with E-state index in [1.54, 1.807) is 0 Å². The molecule has 80 valence electrons. The summed E-state index contributed by atoms with van der Waals surface area (Å²) in [6, 6.07) is 0. The molecule has 0 radical (unpaired) electrons. The van der Waals surface area contributed by atoms with E-state index in [-0.39, 0.29) is 6.09 Å². The summed E-state index contributed by atoms with van der Waals surface area (Å²) in [5.74, 6) is 2.06. The van der Waals surface area contributed by atoms with E-state index in [0.717, 1.165) is 24.3 Å². The molecule has 0 unspecified atom stereocenters. The lowest BCUT2D eigenvalue weighted by Crippen LogP contribution is -2.23. The van der Waals surface area contributed by atoms with Crippen LogP contribution < -0.4 is 5.32 Å². The fraction of sp³-hybridized carbons (Fsp3) is 0.889. The van der Waals surface area contributed by atoms with Crippen molar-refractivity contribution in [2.75, 3.05) is 18.1 Å². The Morgan fingerprint density at radius 2 is 1.77 bits per heavy atom. The van der Waals surface area contributed by atoms with Gasteiger partial charge in [-0.05, 0) is 19.8 Å². The van der Waals surface area contributed by atoms with Crippen LogP contribution in [0.15, 0.2) is 0 Å². The number of rotatable bonds is 6. The molecule has 0 aliphatic carbocycles. The van der Waals surface area contributed by atoms with Crippen LogP contribution in [0.1, 0.15) is 33.6 Å². The van der Waals surface area contributed by atoms with E-state index in [0.29, 0.717) is 6.54 Å². The molecule has 0 saturated heterocycles. The number of carbonyl (C=O) groups is 1. The molecule has 0 heterocycles. The van der Waals surface area contributed by atoms with E-state index < -0.39 is 11.2 Å². The third-order valence-electron chi connectivity index (χ3n) is 1.48. The smallest absolute Gasteiger partial charge is 0.402 e. The molecule has 0 fully saturated rings. The van der Waals surface area contributed by atoms with E-state index in [1.165, 1.54) is 0 Å². The average Bonchev–Trinajstić information content (AvgIpc) is 2.05. The highest BCUT2D eigenvalue weighted by atomic mass is 32.2. The monoisotopic (exact) mass is 207 g/mol. The summed E-state index contributed by atoms with van der Waals surface area (Å²) < 4.78 is 5.29. The second-order valence-electron chi connectivity index (χ2n) is 2.84. The van der Waals surface area contributed by atoms with Gasteiger partial charge in [0.1, 0.15) is 0 Å². The fourth-order valence-corrected chi connectivity index (χ4v) is 2.70. The van der Waals surface area contributed by atoms with Gasteiger partial charge in [-0.1, -0.05) is 25.0 Å². The van der Waals surface area contributed by atoms with Crippen molar-refractivity contribution in [2.45, 2.75) is 33.6 Å². The molecule has 1 amide bonds. The Hall–Kier alpha value is -0.380. The number of hydrogen-bond acceptors (Lipinski definition) is 2. The van der Waals surface area contributed by atoms with Crippen molar-refractivity contribution in [2.24, 2.45) is 0 Å². The largest absolute Gasteiger partial charge is 0.417 e. The van der Waals surface area contributed by atoms with Gasteiger partial charge in [0.25, 0.3) is 0 Å². The highest BCUT2D eigenvalue weighted by Crippen LogP contribution is 2.28. The lowest BCUT2D eigenvalue weighted by Gasteiger charge is -2.20. The SMILES string of the molecule is CCC[SH](CCC)OC(=O)NCC. The summed E-state index contributed by atoms with van der Waals surface area (Å²) in [7, 11) is 0. The predicted molar refractivity (Wildman–Crippen MR) is 59.5 cm³/mol. The average molecular weight is 207 g/mol. The summed E-state index contributed by atoms with van der Waals surface area (Å²) in [5.41, 5.74) is 0. The van der Waals surface area contributed by atoms with Gasteiger partial charge in [0, 0.05) is 18.1 Å². The predicted octanol–water partition coefficient (Wildman–Crippen LogP) is 2.47. The molecule has 0 aromatic heterocycles. The summed E-state index contributed by atoms with van der Waals surface area (Å²) in [5, 5.41) is 2.65. The van der Waals surface area contributed by atoms with Crippen molar-refractivity contribution in [1.29, 1.82) is 0 Å². The van der Waals surface area contributed by atoms with Crippen molar-refractivity contribution in [3.05, 3.63) is 0 Å². The van der Waals surface area contributed by atoms with Crippen molar-refractivity contribution in [3.8, 4) is 0 Å². The molecule has 0 atom stereocenters. The van der Waals surface area contributed by atoms with E-state index in [2.05, 4.69) is 19.2 Å². The first-order valence-corrected chi connectivity index (χ1v) is 6.58. The van der Waals surface area contributed by atoms with E-state index in [9.17, 15) is 4.79 Å². The molecule has 0 aromatic carbocycles. The molecule has 0 aliphatic rings. The number of amides is 1. The third kappa shape index (κ3) is 6.75. The summed E-state index contributed by atoms with van der Waals surface area (Å²) in [4.78, 5) is 11.1. The molecule has 1 N–H and O–H groups in total. The zero-order valence-electron chi connectivity index (χ0n) is 8.80. The van der Waals surface area contributed by atoms with Crippen LogP contribution in [-0.2, 0) is 4.18 Å². The Kier molecular flexibility index (Phi) is 7.99. The molecule has 0 aliphatic heterocycles. The van der Waals surface area contributed by atoms with Gasteiger partial charge in [-0.3, -0.25) is 0 Å². The highest BCUT2D eigenvalue weighted by Gasteiger charge is 2.07. The Bertz CT molecular complexity index is 136. The van der Waals surface area contributed by atoms with Crippen LogP contribution in [0, 0.1) is 0 Å². The second-order valence-corrected chi connectivity index (χ2v) is 4.88. The van der Waals surface area contributed by atoms with Crippen LogP contribution in [0.4, 0.5) is 4.79 Å². The highest BCUT2D eigenvalue weighted by molar-refractivity contribution is 8.13. The maximum absolute atomic E-state index is 11.1. The summed E-state index contributed by atoms with van der Waals surface area (Å²) in [6.45, 7) is 6.77. The Morgan fingerprint density at radius 1 is 1.23 bits per heavy atom. The lowest BCUT2D eigenvalue weighted by molar-refractivity contribution is 0.208. The fourth-order valence-electron chi connectivity index (χ4n) is 0.996. The first-order valence-electron chi connectivity index (χ1n) is 4.95. The number of hydrogen-bond donors (Lipinski definition) is 2. The molecule has 0 saturated carbocycles. The minimum absolute atomic E-state index is 0.254. The van der Waals surface area contributed by atoms with E-state index in [4.69, 9.17) is 4.18 Å². The van der Waals surface area contributed by atoms with Gasteiger partial charge in [0.2, 0.25) is 0 Å². The first kappa shape index (κ1) is 12.6. The third-order valence-corrected chi connectivity index (χ3v) is 3.80. The maximum Gasteiger partial charge on any atom is 0.417 e. The molecular formula is C9H21NO2S. The summed E-state index contributed by atoms with van der Waals surface area (Å²) in [6.07, 6.45) is 1.92. The minimum atomic E-state index is -0.524. The zero-order valence-corrected chi connectivity index (χ0v) is 9.69. The van der Waals surface area contributed by atoms with Crippen LogP contribution >= 0.6 is 11.2 Å². The van der Waals surface area contributed by atoms with Gasteiger partial charge >= 0.3 is 6.09 Å². The van der Waals surface area contributed by atoms with Crippen LogP contribution in [0.25, 0.3) is 0 Å². The van der Waals surface area contributed by atoms with Gasteiger partial charge in [-0.15, -0.1) is 0 Å². The first-order chi connectivity index (χ1) is 6.24. The standard InChI is InChI=1S/C9H21NO2S/c1-4-7-13(8-5-2)12-9(11)10-6-3/h13H,4-8H2,1-3H3,(H,10,11). The Morgan fingerprint density at radius 3 is 2.15 bits per heavy atom. The molecule has 0 bridgehead atoms. The van der Waals surface area contributed by atoms with Crippen molar-refractivity contribution in [1.82, 2.24) is 5.32 Å². The molecule has 3 nitrogen and oxygen atoms in total. The number of thiol groups is 1. The quantitative estimate of drug-likeness (QED) is 0.657.